The normalized spacial score (nSPS) is 13.1. The van der Waals surface area contributed by atoms with Crippen molar-refractivity contribution in [1.29, 1.82) is 0 Å². The zero-order valence-electron chi connectivity index (χ0n) is 12.4. The Balaban J connectivity index is 1.84. The third-order valence-corrected chi connectivity index (χ3v) is 5.06. The third kappa shape index (κ3) is 3.39. The molecule has 3 N–H and O–H groups in total. The number of sulfonamides is 1. The van der Waals surface area contributed by atoms with Crippen LogP contribution in [-0.2, 0) is 10.0 Å². The van der Waals surface area contributed by atoms with Gasteiger partial charge in [-0.1, -0.05) is 48.5 Å². The van der Waals surface area contributed by atoms with Crippen LogP contribution in [0.3, 0.4) is 0 Å². The topological polar surface area (TPSA) is 85.1 Å². The monoisotopic (exact) mass is 327 g/mol. The molecule has 0 aliphatic heterocycles. The molecule has 0 bridgehead atoms. The molecule has 0 unspecified atom stereocenters. The van der Waals surface area contributed by atoms with Crippen LogP contribution in [0.4, 0.5) is 0 Å². The molecule has 0 amide bonds. The number of hydrogen-bond acceptors (Lipinski definition) is 4. The molecule has 118 valence electrons. The first kappa shape index (κ1) is 15.6. The second-order valence-electron chi connectivity index (χ2n) is 5.20. The molecule has 23 heavy (non-hydrogen) atoms. The number of aromatic nitrogens is 1. The smallest absolute Gasteiger partial charge is 0.242 e. The van der Waals surface area contributed by atoms with Gasteiger partial charge in [0.25, 0.3) is 0 Å². The van der Waals surface area contributed by atoms with Crippen molar-refractivity contribution in [2.45, 2.75) is 10.9 Å². The molecule has 3 rings (SSSR count). The lowest BCUT2D eigenvalue weighted by molar-refractivity contribution is 0.573. The Bertz CT molecular complexity index is 906. The van der Waals surface area contributed by atoms with E-state index < -0.39 is 16.1 Å². The standard InChI is InChI=1S/C17H17N3O2S/c18-15(13-6-2-1-3-7-13)12-20-23(21,22)16-10-4-8-14-9-5-11-19-17(14)16/h1-11,15,20H,12,18H2/t15-/m0/s1. The second kappa shape index (κ2) is 6.45. The van der Waals surface area contributed by atoms with Gasteiger partial charge in [-0.05, 0) is 17.7 Å². The first-order valence-corrected chi connectivity index (χ1v) is 8.70. The Labute approximate surface area is 135 Å². The van der Waals surface area contributed by atoms with Gasteiger partial charge in [0.05, 0.1) is 5.52 Å². The summed E-state index contributed by atoms with van der Waals surface area (Å²) >= 11 is 0. The van der Waals surface area contributed by atoms with Gasteiger partial charge >= 0.3 is 0 Å². The van der Waals surface area contributed by atoms with E-state index in [4.69, 9.17) is 5.73 Å². The SMILES string of the molecule is N[C@@H](CNS(=O)(=O)c1cccc2cccnc12)c1ccccc1. The van der Waals surface area contributed by atoms with Crippen LogP contribution in [0.1, 0.15) is 11.6 Å². The van der Waals surface area contributed by atoms with Crippen molar-refractivity contribution in [3.63, 3.8) is 0 Å². The number of rotatable bonds is 5. The maximum atomic E-state index is 12.6. The first-order chi connectivity index (χ1) is 11.1. The van der Waals surface area contributed by atoms with Crippen molar-refractivity contribution < 1.29 is 8.42 Å². The Morgan fingerprint density at radius 3 is 2.52 bits per heavy atom. The molecule has 1 heterocycles. The fourth-order valence-corrected chi connectivity index (χ4v) is 3.63. The Kier molecular flexibility index (Phi) is 4.38. The van der Waals surface area contributed by atoms with Gasteiger partial charge in [-0.2, -0.15) is 0 Å². The summed E-state index contributed by atoms with van der Waals surface area (Å²) in [6.45, 7) is 0.121. The molecular weight excluding hydrogens is 310 g/mol. The quantitative estimate of drug-likeness (QED) is 0.752. The zero-order valence-corrected chi connectivity index (χ0v) is 13.2. The lowest BCUT2D eigenvalue weighted by Crippen LogP contribution is -2.32. The average molecular weight is 327 g/mol. The van der Waals surface area contributed by atoms with Crippen LogP contribution < -0.4 is 10.5 Å². The number of nitrogens with one attached hydrogen (secondary N) is 1. The van der Waals surface area contributed by atoms with Gasteiger partial charge < -0.3 is 5.73 Å². The molecule has 5 nitrogen and oxygen atoms in total. The van der Waals surface area contributed by atoms with Crippen LogP contribution in [0.5, 0.6) is 0 Å². The van der Waals surface area contributed by atoms with E-state index >= 15 is 0 Å². The summed E-state index contributed by atoms with van der Waals surface area (Å²) in [6, 6.07) is 17.7. The molecule has 0 aliphatic carbocycles. The summed E-state index contributed by atoms with van der Waals surface area (Å²) in [5, 5.41) is 0.780. The van der Waals surface area contributed by atoms with Crippen molar-refractivity contribution >= 4 is 20.9 Å². The van der Waals surface area contributed by atoms with Crippen molar-refractivity contribution in [3.8, 4) is 0 Å². The minimum atomic E-state index is -3.68. The number of para-hydroxylation sites is 1. The predicted octanol–water partition coefficient (Wildman–Crippen LogP) is 2.21. The van der Waals surface area contributed by atoms with Crippen LogP contribution in [0.25, 0.3) is 10.9 Å². The number of nitrogens with two attached hydrogens (primary N) is 1. The highest BCUT2D eigenvalue weighted by molar-refractivity contribution is 7.89. The molecule has 1 aromatic heterocycles. The summed E-state index contributed by atoms with van der Waals surface area (Å²) in [6.07, 6.45) is 1.58. The maximum absolute atomic E-state index is 12.6. The second-order valence-corrected chi connectivity index (χ2v) is 6.94. The van der Waals surface area contributed by atoms with E-state index in [0.717, 1.165) is 10.9 Å². The van der Waals surface area contributed by atoms with Gasteiger partial charge in [0.15, 0.2) is 0 Å². The number of pyridine rings is 1. The van der Waals surface area contributed by atoms with Crippen molar-refractivity contribution in [3.05, 3.63) is 72.4 Å². The van der Waals surface area contributed by atoms with Crippen molar-refractivity contribution in [2.75, 3.05) is 6.54 Å². The van der Waals surface area contributed by atoms with E-state index in [0.29, 0.717) is 5.52 Å². The molecule has 0 aliphatic rings. The van der Waals surface area contributed by atoms with E-state index in [1.165, 1.54) is 0 Å². The van der Waals surface area contributed by atoms with Crippen LogP contribution in [0.2, 0.25) is 0 Å². The highest BCUT2D eigenvalue weighted by Crippen LogP contribution is 2.20. The molecule has 0 saturated heterocycles. The summed E-state index contributed by atoms with van der Waals surface area (Å²) < 4.78 is 27.7. The van der Waals surface area contributed by atoms with E-state index in [9.17, 15) is 8.42 Å². The third-order valence-electron chi connectivity index (χ3n) is 3.61. The number of fused-ring (bicyclic) bond motifs is 1. The van der Waals surface area contributed by atoms with Crippen LogP contribution in [0.15, 0.2) is 71.8 Å². The summed E-state index contributed by atoms with van der Waals surface area (Å²) in [4.78, 5) is 4.35. The number of benzene rings is 2. The number of nitrogens with zero attached hydrogens (tertiary/aromatic N) is 1. The van der Waals surface area contributed by atoms with E-state index in [1.807, 2.05) is 42.5 Å². The predicted molar refractivity (Wildman–Crippen MR) is 90.3 cm³/mol. The molecule has 3 aromatic rings. The highest BCUT2D eigenvalue weighted by Gasteiger charge is 2.19. The molecular formula is C17H17N3O2S. The summed E-state index contributed by atoms with van der Waals surface area (Å²) in [7, 11) is -3.68. The van der Waals surface area contributed by atoms with Gasteiger partial charge in [-0.15, -0.1) is 0 Å². The van der Waals surface area contributed by atoms with E-state index in [1.54, 1.807) is 24.4 Å². The zero-order chi connectivity index (χ0) is 16.3. The molecule has 1 atom stereocenters. The van der Waals surface area contributed by atoms with E-state index in [2.05, 4.69) is 9.71 Å². The van der Waals surface area contributed by atoms with Crippen LogP contribution in [-0.4, -0.2) is 19.9 Å². The lowest BCUT2D eigenvalue weighted by Gasteiger charge is -2.14. The minimum Gasteiger partial charge on any atom is -0.323 e. The molecule has 0 saturated carbocycles. The van der Waals surface area contributed by atoms with Crippen molar-refractivity contribution in [1.82, 2.24) is 9.71 Å². The fourth-order valence-electron chi connectivity index (χ4n) is 2.39. The minimum absolute atomic E-state index is 0.121. The molecule has 6 heteroatoms. The maximum Gasteiger partial charge on any atom is 0.242 e. The molecule has 0 spiro atoms. The summed E-state index contributed by atoms with van der Waals surface area (Å²) in [5.41, 5.74) is 7.39. The average Bonchev–Trinajstić information content (AvgIpc) is 2.60. The molecule has 0 radical (unpaired) electrons. The Morgan fingerprint density at radius 1 is 1.00 bits per heavy atom. The van der Waals surface area contributed by atoms with Gasteiger partial charge in [0.1, 0.15) is 4.90 Å². The largest absolute Gasteiger partial charge is 0.323 e. The molecule has 0 fully saturated rings. The van der Waals surface area contributed by atoms with Crippen molar-refractivity contribution in [2.24, 2.45) is 5.73 Å². The Hall–Kier alpha value is -2.28. The first-order valence-electron chi connectivity index (χ1n) is 7.22. The lowest BCUT2D eigenvalue weighted by atomic mass is 10.1. The Morgan fingerprint density at radius 2 is 1.74 bits per heavy atom. The van der Waals surface area contributed by atoms with Crippen LogP contribution >= 0.6 is 0 Å². The molecule has 2 aromatic carbocycles. The van der Waals surface area contributed by atoms with E-state index in [-0.39, 0.29) is 11.4 Å². The van der Waals surface area contributed by atoms with Gasteiger partial charge in [-0.3, -0.25) is 4.98 Å². The van der Waals surface area contributed by atoms with Gasteiger partial charge in [0.2, 0.25) is 10.0 Å². The fraction of sp³-hybridized carbons (Fsp3) is 0.118. The van der Waals surface area contributed by atoms with Crippen LogP contribution in [0, 0.1) is 0 Å². The summed E-state index contributed by atoms with van der Waals surface area (Å²) in [5.74, 6) is 0. The van der Waals surface area contributed by atoms with Gasteiger partial charge in [-0.25, -0.2) is 13.1 Å². The number of hydrogen-bond donors (Lipinski definition) is 2. The van der Waals surface area contributed by atoms with Gasteiger partial charge in [0, 0.05) is 24.2 Å². The highest BCUT2D eigenvalue weighted by atomic mass is 32.2.